The molecule has 0 saturated carbocycles. The van der Waals surface area contributed by atoms with E-state index in [1.54, 1.807) is 0 Å². The molecule has 1 heteroatoms. The van der Waals surface area contributed by atoms with Crippen LogP contribution in [0.15, 0.2) is 78.9 Å². The SMILES string of the molecule is C#CCn1c(-c2ccccc2)cc2ccc(CC(C)c3cccc4c3CC=C4)cc21. The lowest BCUT2D eigenvalue weighted by molar-refractivity contribution is 0.750. The molecule has 30 heavy (non-hydrogen) atoms. The van der Waals surface area contributed by atoms with Gasteiger partial charge in [-0.15, -0.1) is 6.42 Å². The third kappa shape index (κ3) is 3.25. The summed E-state index contributed by atoms with van der Waals surface area (Å²) >= 11 is 0. The summed E-state index contributed by atoms with van der Waals surface area (Å²) < 4.78 is 2.27. The van der Waals surface area contributed by atoms with E-state index >= 15 is 0 Å². The highest BCUT2D eigenvalue weighted by atomic mass is 15.0. The van der Waals surface area contributed by atoms with Crippen molar-refractivity contribution in [2.45, 2.75) is 32.2 Å². The maximum atomic E-state index is 5.73. The second-order valence-corrected chi connectivity index (χ2v) is 8.21. The minimum absolute atomic E-state index is 0.474. The van der Waals surface area contributed by atoms with Crippen LogP contribution in [0, 0.1) is 12.3 Å². The maximum Gasteiger partial charge on any atom is 0.0841 e. The molecule has 0 bridgehead atoms. The molecule has 1 aromatic heterocycles. The first kappa shape index (κ1) is 18.5. The fourth-order valence-electron chi connectivity index (χ4n) is 4.78. The Hall–Kier alpha value is -3.50. The molecule has 1 heterocycles. The maximum absolute atomic E-state index is 5.73. The molecule has 0 saturated heterocycles. The fraction of sp³-hybridized carbons (Fsp3) is 0.172. The highest BCUT2D eigenvalue weighted by Crippen LogP contribution is 2.33. The van der Waals surface area contributed by atoms with E-state index in [0.29, 0.717) is 12.5 Å². The Morgan fingerprint density at radius 1 is 1.00 bits per heavy atom. The van der Waals surface area contributed by atoms with Gasteiger partial charge >= 0.3 is 0 Å². The van der Waals surface area contributed by atoms with Crippen molar-refractivity contribution in [1.29, 1.82) is 0 Å². The smallest absolute Gasteiger partial charge is 0.0841 e. The molecule has 1 unspecified atom stereocenters. The highest BCUT2D eigenvalue weighted by Gasteiger charge is 2.16. The fourth-order valence-corrected chi connectivity index (χ4v) is 4.78. The topological polar surface area (TPSA) is 4.93 Å². The van der Waals surface area contributed by atoms with E-state index in [2.05, 4.69) is 96.3 Å². The van der Waals surface area contributed by atoms with Crippen LogP contribution in [-0.4, -0.2) is 4.57 Å². The minimum atomic E-state index is 0.474. The molecule has 146 valence electrons. The van der Waals surface area contributed by atoms with Gasteiger partial charge in [-0.2, -0.15) is 0 Å². The molecular weight excluding hydrogens is 362 g/mol. The number of nitrogens with zero attached hydrogens (tertiary/aromatic N) is 1. The predicted octanol–water partition coefficient (Wildman–Crippen LogP) is 6.86. The van der Waals surface area contributed by atoms with Gasteiger partial charge in [-0.25, -0.2) is 0 Å². The van der Waals surface area contributed by atoms with Crippen molar-refractivity contribution < 1.29 is 0 Å². The van der Waals surface area contributed by atoms with Crippen molar-refractivity contribution in [2.75, 3.05) is 0 Å². The summed E-state index contributed by atoms with van der Waals surface area (Å²) in [6.45, 7) is 2.92. The number of terminal acetylenes is 1. The Balaban J connectivity index is 1.51. The Bertz CT molecular complexity index is 1280. The predicted molar refractivity (Wildman–Crippen MR) is 128 cm³/mol. The Labute approximate surface area is 178 Å². The molecule has 0 amide bonds. The van der Waals surface area contributed by atoms with Crippen molar-refractivity contribution in [3.8, 4) is 23.6 Å². The van der Waals surface area contributed by atoms with E-state index in [0.717, 1.165) is 12.8 Å². The lowest BCUT2D eigenvalue weighted by atomic mass is 9.88. The molecule has 3 aromatic carbocycles. The largest absolute Gasteiger partial charge is 0.329 e. The monoisotopic (exact) mass is 387 g/mol. The highest BCUT2D eigenvalue weighted by molar-refractivity contribution is 5.87. The third-order valence-electron chi connectivity index (χ3n) is 6.23. The van der Waals surface area contributed by atoms with Crippen LogP contribution in [0.2, 0.25) is 0 Å². The van der Waals surface area contributed by atoms with Crippen LogP contribution in [0.3, 0.4) is 0 Å². The lowest BCUT2D eigenvalue weighted by Gasteiger charge is -2.17. The van der Waals surface area contributed by atoms with Gasteiger partial charge in [-0.1, -0.05) is 85.7 Å². The quantitative estimate of drug-likeness (QED) is 0.330. The number of hydrogen-bond donors (Lipinski definition) is 0. The van der Waals surface area contributed by atoms with Crippen LogP contribution in [0.25, 0.3) is 28.2 Å². The summed E-state index contributed by atoms with van der Waals surface area (Å²) in [5.41, 5.74) is 9.30. The Morgan fingerprint density at radius 3 is 2.70 bits per heavy atom. The van der Waals surface area contributed by atoms with Crippen LogP contribution in [0.1, 0.15) is 35.1 Å². The summed E-state index contributed by atoms with van der Waals surface area (Å²) in [6, 6.07) is 26.3. The zero-order chi connectivity index (χ0) is 20.5. The van der Waals surface area contributed by atoms with Crippen LogP contribution in [0.4, 0.5) is 0 Å². The molecule has 0 aliphatic heterocycles. The second kappa shape index (κ2) is 7.73. The molecule has 1 atom stereocenters. The minimum Gasteiger partial charge on any atom is -0.329 e. The zero-order valence-electron chi connectivity index (χ0n) is 17.3. The Morgan fingerprint density at radius 2 is 1.87 bits per heavy atom. The van der Waals surface area contributed by atoms with Crippen molar-refractivity contribution in [3.63, 3.8) is 0 Å². The van der Waals surface area contributed by atoms with Crippen LogP contribution in [0.5, 0.6) is 0 Å². The number of allylic oxidation sites excluding steroid dienone is 1. The van der Waals surface area contributed by atoms with Gasteiger partial charge in [0.15, 0.2) is 0 Å². The number of aromatic nitrogens is 1. The summed E-state index contributed by atoms with van der Waals surface area (Å²) in [6.07, 6.45) is 12.3. The zero-order valence-corrected chi connectivity index (χ0v) is 17.3. The van der Waals surface area contributed by atoms with Crippen LogP contribution >= 0.6 is 0 Å². The van der Waals surface area contributed by atoms with Crippen LogP contribution < -0.4 is 0 Å². The number of rotatable bonds is 5. The summed E-state index contributed by atoms with van der Waals surface area (Å²) in [4.78, 5) is 0. The van der Waals surface area contributed by atoms with Crippen LogP contribution in [-0.2, 0) is 19.4 Å². The van der Waals surface area contributed by atoms with Gasteiger partial charge in [-0.3, -0.25) is 0 Å². The molecule has 1 aliphatic carbocycles. The van der Waals surface area contributed by atoms with E-state index in [1.165, 1.54) is 44.4 Å². The van der Waals surface area contributed by atoms with Gasteiger partial charge in [0.25, 0.3) is 0 Å². The van der Waals surface area contributed by atoms with Gasteiger partial charge in [0.05, 0.1) is 6.54 Å². The molecule has 1 aliphatic rings. The first-order valence-corrected chi connectivity index (χ1v) is 10.6. The summed E-state index contributed by atoms with van der Waals surface area (Å²) in [5.74, 6) is 3.32. The third-order valence-corrected chi connectivity index (χ3v) is 6.23. The number of benzene rings is 3. The van der Waals surface area contributed by atoms with Gasteiger partial charge < -0.3 is 4.57 Å². The number of fused-ring (bicyclic) bond motifs is 2. The first-order valence-electron chi connectivity index (χ1n) is 10.6. The standard InChI is InChI=1S/C29H25N/c1-3-17-30-28-19-22(15-16-25(28)20-29(30)24-9-5-4-6-10-24)18-21(2)26-13-7-11-23-12-8-14-27(23)26/h1,4-13,15-16,19-21H,14,17-18H2,2H3. The van der Waals surface area contributed by atoms with Gasteiger partial charge in [0.2, 0.25) is 0 Å². The average molecular weight is 388 g/mol. The van der Waals surface area contributed by atoms with Crippen molar-refractivity contribution in [3.05, 3.63) is 101 Å². The van der Waals surface area contributed by atoms with Gasteiger partial charge in [0.1, 0.15) is 0 Å². The molecular formula is C29H25N. The normalized spacial score (nSPS) is 13.3. The molecule has 0 spiro atoms. The van der Waals surface area contributed by atoms with E-state index in [4.69, 9.17) is 6.42 Å². The summed E-state index contributed by atoms with van der Waals surface area (Å²) in [5, 5.41) is 1.24. The Kier molecular flexibility index (Phi) is 4.77. The van der Waals surface area contributed by atoms with E-state index < -0.39 is 0 Å². The molecule has 5 rings (SSSR count). The molecule has 0 radical (unpaired) electrons. The number of hydrogen-bond acceptors (Lipinski definition) is 0. The van der Waals surface area contributed by atoms with E-state index in [-0.39, 0.29) is 0 Å². The van der Waals surface area contributed by atoms with Gasteiger partial charge in [-0.05, 0) is 58.7 Å². The van der Waals surface area contributed by atoms with E-state index in [1.807, 2.05) is 6.07 Å². The van der Waals surface area contributed by atoms with Crippen molar-refractivity contribution in [1.82, 2.24) is 4.57 Å². The van der Waals surface area contributed by atoms with Gasteiger partial charge in [0, 0.05) is 16.6 Å². The van der Waals surface area contributed by atoms with E-state index in [9.17, 15) is 0 Å². The summed E-state index contributed by atoms with van der Waals surface area (Å²) in [7, 11) is 0. The molecule has 4 aromatic rings. The molecule has 1 nitrogen and oxygen atoms in total. The first-order chi connectivity index (χ1) is 14.7. The molecule has 0 N–H and O–H groups in total. The molecule has 0 fully saturated rings. The van der Waals surface area contributed by atoms with Crippen molar-refractivity contribution in [2.24, 2.45) is 0 Å². The second-order valence-electron chi connectivity index (χ2n) is 8.21. The average Bonchev–Trinajstić information content (AvgIpc) is 3.39. The lowest BCUT2D eigenvalue weighted by Crippen LogP contribution is -2.03. The van der Waals surface area contributed by atoms with Crippen molar-refractivity contribution >= 4 is 17.0 Å².